The Bertz CT molecular complexity index is 1560. The Morgan fingerprint density at radius 1 is 0.766 bits per heavy atom. The summed E-state index contributed by atoms with van der Waals surface area (Å²) in [5.74, 6) is -5.78. The molecule has 0 bridgehead atoms. The number of hydrogen-bond acceptors (Lipinski definition) is 8. The topological polar surface area (TPSA) is 179 Å². The van der Waals surface area contributed by atoms with E-state index in [1.54, 1.807) is 18.4 Å². The number of unbranched alkanes of at least 4 members (excludes halogenated alkanes) is 4. The summed E-state index contributed by atoms with van der Waals surface area (Å²) in [5.41, 5.74) is 2.38. The lowest BCUT2D eigenvalue weighted by atomic mass is 9.56. The van der Waals surface area contributed by atoms with Gasteiger partial charge in [0.15, 0.2) is 0 Å². The molecule has 5 aliphatic rings. The van der Waals surface area contributed by atoms with Crippen LogP contribution >= 0.6 is 0 Å². The van der Waals surface area contributed by atoms with Crippen LogP contribution in [0.1, 0.15) is 69.8 Å². The van der Waals surface area contributed by atoms with Crippen molar-refractivity contribution in [3.05, 3.63) is 47.2 Å². The quantitative estimate of drug-likeness (QED) is 0.162. The number of fused-ring (bicyclic) bond motifs is 5. The predicted octanol–water partition coefficient (Wildman–Crippen LogP) is 3.67. The number of carbonyl (C=O) groups excluding carboxylic acids is 4. The maximum atomic E-state index is 14.1. The fraction of sp³-hybridized carbons (Fsp3) is 0.543. The average molecular weight is 649 g/mol. The molecule has 1 saturated carbocycles. The molecule has 47 heavy (non-hydrogen) atoms. The van der Waals surface area contributed by atoms with Gasteiger partial charge in [-0.2, -0.15) is 0 Å². The number of benzene rings is 1. The van der Waals surface area contributed by atoms with Crippen molar-refractivity contribution in [2.45, 2.75) is 70.6 Å². The second-order valence-electron chi connectivity index (χ2n) is 13.4. The van der Waals surface area contributed by atoms with E-state index in [0.717, 1.165) is 16.7 Å². The van der Waals surface area contributed by atoms with E-state index in [9.17, 15) is 33.9 Å². The Kier molecular flexibility index (Phi) is 9.20. The van der Waals surface area contributed by atoms with Crippen molar-refractivity contribution in [3.8, 4) is 11.5 Å². The summed E-state index contributed by atoms with van der Waals surface area (Å²) in [6.07, 6.45) is 7.67. The molecule has 1 aromatic carbocycles. The first-order valence-corrected chi connectivity index (χ1v) is 16.6. The molecule has 2 saturated heterocycles. The Balaban J connectivity index is 1.27. The molecule has 1 aromatic rings. The number of likely N-dealkylation sites (tertiary alicyclic amines) is 2. The molecule has 3 heterocycles. The van der Waals surface area contributed by atoms with Gasteiger partial charge in [0.25, 0.3) is 0 Å². The molecule has 3 N–H and O–H groups in total. The fourth-order valence-electron chi connectivity index (χ4n) is 8.43. The van der Waals surface area contributed by atoms with Gasteiger partial charge in [-0.1, -0.05) is 24.5 Å². The van der Waals surface area contributed by atoms with Crippen LogP contribution in [-0.4, -0.2) is 73.8 Å². The van der Waals surface area contributed by atoms with Gasteiger partial charge >= 0.3 is 11.9 Å². The highest BCUT2D eigenvalue weighted by atomic mass is 16.5. The Morgan fingerprint density at radius 2 is 1.38 bits per heavy atom. The summed E-state index contributed by atoms with van der Waals surface area (Å²) in [6, 6.07) is 4.82. The summed E-state index contributed by atoms with van der Waals surface area (Å²) in [7, 11) is 0. The lowest BCUT2D eigenvalue weighted by Crippen LogP contribution is -2.45. The van der Waals surface area contributed by atoms with Crippen molar-refractivity contribution in [1.29, 1.82) is 0 Å². The van der Waals surface area contributed by atoms with Gasteiger partial charge < -0.3 is 20.1 Å². The second-order valence-corrected chi connectivity index (χ2v) is 13.4. The first-order valence-electron chi connectivity index (χ1n) is 16.6. The molecule has 6 atom stereocenters. The minimum atomic E-state index is -0.893. The summed E-state index contributed by atoms with van der Waals surface area (Å²) in [6.45, 7) is 0.403. The largest absolute Gasteiger partial charge is 0.508 e. The second kappa shape index (κ2) is 13.3. The molecule has 6 unspecified atom stereocenters. The highest BCUT2D eigenvalue weighted by Crippen LogP contribution is 2.57. The number of carboxylic acid groups (broad SMARTS) is 2. The number of imide groups is 2. The average Bonchev–Trinajstić information content (AvgIpc) is 3.42. The van der Waals surface area contributed by atoms with Crippen molar-refractivity contribution in [3.63, 3.8) is 0 Å². The van der Waals surface area contributed by atoms with Crippen molar-refractivity contribution in [2.24, 2.45) is 35.5 Å². The lowest BCUT2D eigenvalue weighted by Gasteiger charge is -2.45. The number of aliphatic carboxylic acids is 2. The van der Waals surface area contributed by atoms with E-state index in [0.29, 0.717) is 57.1 Å². The number of carbonyl (C=O) groups is 6. The van der Waals surface area contributed by atoms with Crippen molar-refractivity contribution in [2.75, 3.05) is 13.1 Å². The monoisotopic (exact) mass is 648 g/mol. The number of rotatable bonds is 13. The number of phenolic OH excluding ortho intramolecular Hbond substituents is 1. The van der Waals surface area contributed by atoms with Gasteiger partial charge in [-0.3, -0.25) is 38.6 Å². The summed E-state index contributed by atoms with van der Waals surface area (Å²) in [5, 5.41) is 28.0. The number of amides is 4. The third kappa shape index (κ3) is 6.17. The van der Waals surface area contributed by atoms with Crippen molar-refractivity contribution >= 4 is 35.6 Å². The number of carboxylic acids is 2. The zero-order valence-electron chi connectivity index (χ0n) is 26.1. The van der Waals surface area contributed by atoms with Crippen LogP contribution in [0.2, 0.25) is 0 Å². The fourth-order valence-corrected chi connectivity index (χ4v) is 8.43. The summed E-state index contributed by atoms with van der Waals surface area (Å²) >= 11 is 0. The van der Waals surface area contributed by atoms with E-state index in [1.165, 1.54) is 15.9 Å². The van der Waals surface area contributed by atoms with Crippen LogP contribution in [0.3, 0.4) is 0 Å². The van der Waals surface area contributed by atoms with Crippen molar-refractivity contribution in [1.82, 2.24) is 9.80 Å². The van der Waals surface area contributed by atoms with E-state index in [4.69, 9.17) is 14.9 Å². The maximum absolute atomic E-state index is 14.1. The van der Waals surface area contributed by atoms with Crippen LogP contribution in [-0.2, 0) is 35.2 Å². The minimum Gasteiger partial charge on any atom is -0.508 e. The molecule has 2 aliphatic carbocycles. The van der Waals surface area contributed by atoms with Crippen LogP contribution in [0.4, 0.5) is 0 Å². The number of aromatic hydroxyl groups is 1. The molecule has 0 aromatic heterocycles. The van der Waals surface area contributed by atoms with Gasteiger partial charge in [0.2, 0.25) is 23.6 Å². The molecule has 3 aliphatic heterocycles. The SMILES string of the molecule is O=C(O)CCCCCN1C(=O)C2CC=C3C(CC4C(=O)N(CCCCCC(=O)O)C(=O)C4C3C3=COc4ccc(O)cc4C3)C2C1=O. The van der Waals surface area contributed by atoms with Gasteiger partial charge in [-0.05, 0) is 68.2 Å². The molecule has 0 spiro atoms. The summed E-state index contributed by atoms with van der Waals surface area (Å²) in [4.78, 5) is 79.8. The number of ether oxygens (including phenoxy) is 1. The lowest BCUT2D eigenvalue weighted by molar-refractivity contribution is -0.142. The van der Waals surface area contributed by atoms with Crippen LogP contribution in [0.25, 0.3) is 0 Å². The smallest absolute Gasteiger partial charge is 0.303 e. The van der Waals surface area contributed by atoms with Crippen LogP contribution in [0.5, 0.6) is 11.5 Å². The highest BCUT2D eigenvalue weighted by molar-refractivity contribution is 6.07. The van der Waals surface area contributed by atoms with Crippen LogP contribution in [0, 0.1) is 35.5 Å². The zero-order valence-corrected chi connectivity index (χ0v) is 26.1. The number of nitrogens with zero attached hydrogens (tertiary/aromatic N) is 2. The maximum Gasteiger partial charge on any atom is 0.303 e. The van der Waals surface area contributed by atoms with E-state index >= 15 is 0 Å². The van der Waals surface area contributed by atoms with Gasteiger partial charge in [0, 0.05) is 43.8 Å². The molecule has 4 amide bonds. The third-order valence-electron chi connectivity index (χ3n) is 10.6. The number of allylic oxidation sites excluding steroid dienone is 3. The van der Waals surface area contributed by atoms with Gasteiger partial charge in [-0.15, -0.1) is 0 Å². The molecular weight excluding hydrogens is 608 g/mol. The molecular formula is C35H40N2O10. The standard InChI is InChI=1S/C35H40N2O10/c38-21-9-12-26-19(16-21)15-20(18-47-26)29-22-10-11-23-30(34(45)36(32(23)43)13-5-1-3-7-27(39)40)24(22)17-25-31(29)35(46)37(33(25)44)14-6-2-4-8-28(41)42/h9-10,12,16,18,23-25,29-31,38H,1-8,11,13-15,17H2,(H,39,40)(H,41,42). The van der Waals surface area contributed by atoms with E-state index < -0.39 is 47.4 Å². The number of phenols is 1. The number of hydrogen-bond donors (Lipinski definition) is 3. The summed E-state index contributed by atoms with van der Waals surface area (Å²) < 4.78 is 5.97. The minimum absolute atomic E-state index is 0.0187. The van der Waals surface area contributed by atoms with E-state index in [1.807, 2.05) is 6.08 Å². The third-order valence-corrected chi connectivity index (χ3v) is 10.6. The molecule has 250 valence electrons. The first-order chi connectivity index (χ1) is 22.6. The molecule has 6 rings (SSSR count). The van der Waals surface area contributed by atoms with Crippen molar-refractivity contribution < 1.29 is 48.8 Å². The Hall–Kier alpha value is -4.48. The molecule has 12 heteroatoms. The Labute approximate surface area is 272 Å². The van der Waals surface area contributed by atoms with E-state index in [-0.39, 0.29) is 61.7 Å². The highest BCUT2D eigenvalue weighted by Gasteiger charge is 2.62. The molecule has 3 fully saturated rings. The predicted molar refractivity (Wildman–Crippen MR) is 164 cm³/mol. The van der Waals surface area contributed by atoms with Gasteiger partial charge in [-0.25, -0.2) is 0 Å². The zero-order chi connectivity index (χ0) is 33.4. The first kappa shape index (κ1) is 32.5. The van der Waals surface area contributed by atoms with E-state index in [2.05, 4.69) is 0 Å². The van der Waals surface area contributed by atoms with Crippen LogP contribution in [0.15, 0.2) is 41.7 Å². The van der Waals surface area contributed by atoms with Gasteiger partial charge in [0.05, 0.1) is 29.9 Å². The van der Waals surface area contributed by atoms with Crippen LogP contribution < -0.4 is 4.74 Å². The molecule has 0 radical (unpaired) electrons. The van der Waals surface area contributed by atoms with Gasteiger partial charge in [0.1, 0.15) is 11.5 Å². The normalized spacial score (nSPS) is 27.8. The Morgan fingerprint density at radius 3 is 2.02 bits per heavy atom. The molecule has 12 nitrogen and oxygen atoms in total.